The standard InChI is InChI=1S/C13H14O2/c1-10-2-7-13(15-10)8-11-3-5-12(9-14)6-4-11/h2-7,14H,8-9H2,1H3. The van der Waals surface area contributed by atoms with Crippen LogP contribution in [-0.4, -0.2) is 5.11 Å². The van der Waals surface area contributed by atoms with Gasteiger partial charge in [-0.3, -0.25) is 0 Å². The molecule has 2 heteroatoms. The van der Waals surface area contributed by atoms with E-state index in [-0.39, 0.29) is 6.61 Å². The second kappa shape index (κ2) is 4.32. The molecule has 0 unspecified atom stereocenters. The van der Waals surface area contributed by atoms with Crippen molar-refractivity contribution in [1.82, 2.24) is 0 Å². The maximum Gasteiger partial charge on any atom is 0.108 e. The van der Waals surface area contributed by atoms with Gasteiger partial charge in [-0.2, -0.15) is 0 Å². The number of hydrogen-bond donors (Lipinski definition) is 1. The summed E-state index contributed by atoms with van der Waals surface area (Å²) in [5.41, 5.74) is 2.14. The van der Waals surface area contributed by atoms with Gasteiger partial charge in [-0.15, -0.1) is 0 Å². The van der Waals surface area contributed by atoms with E-state index in [1.807, 2.05) is 43.3 Å². The average molecular weight is 202 g/mol. The van der Waals surface area contributed by atoms with Crippen LogP contribution in [0.2, 0.25) is 0 Å². The number of aliphatic hydroxyl groups is 1. The second-order valence-electron chi connectivity index (χ2n) is 3.66. The fraction of sp³-hybridized carbons (Fsp3) is 0.231. The SMILES string of the molecule is Cc1ccc(Cc2ccc(CO)cc2)o1. The molecule has 0 aliphatic heterocycles. The Labute approximate surface area is 89.2 Å². The third-order valence-corrected chi connectivity index (χ3v) is 2.38. The van der Waals surface area contributed by atoms with Gasteiger partial charge < -0.3 is 9.52 Å². The summed E-state index contributed by atoms with van der Waals surface area (Å²) in [6, 6.07) is 11.9. The zero-order valence-corrected chi connectivity index (χ0v) is 8.73. The third kappa shape index (κ3) is 2.48. The maximum absolute atomic E-state index is 8.90. The first kappa shape index (κ1) is 9.99. The predicted molar refractivity (Wildman–Crippen MR) is 58.6 cm³/mol. The Kier molecular flexibility index (Phi) is 2.88. The molecule has 15 heavy (non-hydrogen) atoms. The molecule has 2 rings (SSSR count). The van der Waals surface area contributed by atoms with Crippen molar-refractivity contribution in [3.63, 3.8) is 0 Å². The number of benzene rings is 1. The summed E-state index contributed by atoms with van der Waals surface area (Å²) >= 11 is 0. The molecule has 1 heterocycles. The Morgan fingerprint density at radius 2 is 1.67 bits per heavy atom. The van der Waals surface area contributed by atoms with Crippen molar-refractivity contribution in [3.8, 4) is 0 Å². The molecular formula is C13H14O2. The molecule has 0 radical (unpaired) electrons. The molecule has 2 nitrogen and oxygen atoms in total. The number of hydrogen-bond acceptors (Lipinski definition) is 2. The highest BCUT2D eigenvalue weighted by Crippen LogP contribution is 2.13. The van der Waals surface area contributed by atoms with E-state index in [0.717, 1.165) is 23.5 Å². The lowest BCUT2D eigenvalue weighted by molar-refractivity contribution is 0.282. The van der Waals surface area contributed by atoms with Gasteiger partial charge in [0.05, 0.1) is 6.61 Å². The van der Waals surface area contributed by atoms with E-state index in [4.69, 9.17) is 9.52 Å². The molecule has 78 valence electrons. The van der Waals surface area contributed by atoms with E-state index < -0.39 is 0 Å². The lowest BCUT2D eigenvalue weighted by Gasteiger charge is -2.00. The van der Waals surface area contributed by atoms with Crippen molar-refractivity contribution in [3.05, 3.63) is 59.0 Å². The molecule has 0 saturated carbocycles. The van der Waals surface area contributed by atoms with Crippen molar-refractivity contribution in [1.29, 1.82) is 0 Å². The molecule has 0 amide bonds. The van der Waals surface area contributed by atoms with Gasteiger partial charge in [-0.25, -0.2) is 0 Å². The minimum absolute atomic E-state index is 0.0974. The predicted octanol–water partition coefficient (Wildman–Crippen LogP) is 2.67. The van der Waals surface area contributed by atoms with E-state index >= 15 is 0 Å². The minimum atomic E-state index is 0.0974. The van der Waals surface area contributed by atoms with Gasteiger partial charge in [0.15, 0.2) is 0 Å². The van der Waals surface area contributed by atoms with Gasteiger partial charge in [-0.05, 0) is 30.2 Å². The summed E-state index contributed by atoms with van der Waals surface area (Å²) in [4.78, 5) is 0. The van der Waals surface area contributed by atoms with Crippen LogP contribution in [0.3, 0.4) is 0 Å². The number of aliphatic hydroxyl groups excluding tert-OH is 1. The molecule has 0 fully saturated rings. The summed E-state index contributed by atoms with van der Waals surface area (Å²) in [5, 5.41) is 8.90. The molecular weight excluding hydrogens is 188 g/mol. The number of rotatable bonds is 3. The summed E-state index contributed by atoms with van der Waals surface area (Å²) in [6.07, 6.45) is 0.805. The van der Waals surface area contributed by atoms with Crippen molar-refractivity contribution in [2.45, 2.75) is 20.0 Å². The molecule has 2 aromatic rings. The molecule has 0 bridgehead atoms. The quantitative estimate of drug-likeness (QED) is 0.830. The van der Waals surface area contributed by atoms with E-state index in [1.165, 1.54) is 5.56 Å². The molecule has 0 spiro atoms. The van der Waals surface area contributed by atoms with Gasteiger partial charge in [0, 0.05) is 6.42 Å². The average Bonchev–Trinajstić information content (AvgIpc) is 2.65. The minimum Gasteiger partial charge on any atom is -0.466 e. The van der Waals surface area contributed by atoms with E-state index in [2.05, 4.69) is 0 Å². The largest absolute Gasteiger partial charge is 0.466 e. The van der Waals surface area contributed by atoms with Crippen LogP contribution in [0.4, 0.5) is 0 Å². The Morgan fingerprint density at radius 3 is 2.20 bits per heavy atom. The second-order valence-corrected chi connectivity index (χ2v) is 3.66. The van der Waals surface area contributed by atoms with Gasteiger partial charge >= 0.3 is 0 Å². The Morgan fingerprint density at radius 1 is 1.00 bits per heavy atom. The maximum atomic E-state index is 8.90. The summed E-state index contributed by atoms with van der Waals surface area (Å²) in [6.45, 7) is 2.04. The van der Waals surface area contributed by atoms with E-state index in [9.17, 15) is 0 Å². The number of aryl methyl sites for hydroxylation is 1. The smallest absolute Gasteiger partial charge is 0.108 e. The third-order valence-electron chi connectivity index (χ3n) is 2.38. The molecule has 1 aromatic heterocycles. The lowest BCUT2D eigenvalue weighted by atomic mass is 10.1. The van der Waals surface area contributed by atoms with Crippen molar-refractivity contribution < 1.29 is 9.52 Å². The van der Waals surface area contributed by atoms with Crippen molar-refractivity contribution >= 4 is 0 Å². The Balaban J connectivity index is 2.11. The first-order valence-corrected chi connectivity index (χ1v) is 5.02. The van der Waals surface area contributed by atoms with Crippen LogP contribution in [-0.2, 0) is 13.0 Å². The normalized spacial score (nSPS) is 10.5. The summed E-state index contributed by atoms with van der Waals surface area (Å²) < 4.78 is 5.49. The van der Waals surface area contributed by atoms with Gasteiger partial charge in [0.25, 0.3) is 0 Å². The lowest BCUT2D eigenvalue weighted by Crippen LogP contribution is -1.87. The molecule has 1 aromatic carbocycles. The Bertz CT molecular complexity index is 426. The van der Waals surface area contributed by atoms with Crippen LogP contribution in [0.5, 0.6) is 0 Å². The van der Waals surface area contributed by atoms with Crippen LogP contribution in [0, 0.1) is 6.92 Å². The molecule has 0 saturated heterocycles. The Hall–Kier alpha value is -1.54. The van der Waals surface area contributed by atoms with Crippen LogP contribution in [0.15, 0.2) is 40.8 Å². The van der Waals surface area contributed by atoms with Crippen LogP contribution in [0.25, 0.3) is 0 Å². The zero-order valence-electron chi connectivity index (χ0n) is 8.73. The first-order chi connectivity index (χ1) is 7.28. The highest BCUT2D eigenvalue weighted by Gasteiger charge is 2.00. The summed E-state index contributed by atoms with van der Waals surface area (Å²) in [7, 11) is 0. The monoisotopic (exact) mass is 202 g/mol. The van der Waals surface area contributed by atoms with Crippen molar-refractivity contribution in [2.75, 3.05) is 0 Å². The topological polar surface area (TPSA) is 33.4 Å². The van der Waals surface area contributed by atoms with Crippen LogP contribution < -0.4 is 0 Å². The number of furan rings is 1. The fourth-order valence-electron chi connectivity index (χ4n) is 1.54. The van der Waals surface area contributed by atoms with Crippen LogP contribution in [0.1, 0.15) is 22.6 Å². The van der Waals surface area contributed by atoms with Gasteiger partial charge in [0.2, 0.25) is 0 Å². The fourth-order valence-corrected chi connectivity index (χ4v) is 1.54. The highest BCUT2D eigenvalue weighted by molar-refractivity contribution is 5.25. The van der Waals surface area contributed by atoms with E-state index in [1.54, 1.807) is 0 Å². The molecule has 0 aliphatic carbocycles. The molecule has 1 N–H and O–H groups in total. The van der Waals surface area contributed by atoms with Crippen LogP contribution >= 0.6 is 0 Å². The van der Waals surface area contributed by atoms with Gasteiger partial charge in [-0.1, -0.05) is 24.3 Å². The first-order valence-electron chi connectivity index (χ1n) is 5.02. The summed E-state index contributed by atoms with van der Waals surface area (Å²) in [5.74, 6) is 1.92. The van der Waals surface area contributed by atoms with Gasteiger partial charge in [0.1, 0.15) is 11.5 Å². The molecule has 0 atom stereocenters. The zero-order chi connectivity index (χ0) is 10.7. The molecule has 0 aliphatic rings. The highest BCUT2D eigenvalue weighted by atomic mass is 16.3. The van der Waals surface area contributed by atoms with E-state index in [0.29, 0.717) is 0 Å². The van der Waals surface area contributed by atoms with Crippen molar-refractivity contribution in [2.24, 2.45) is 0 Å².